The fourth-order valence-electron chi connectivity index (χ4n) is 16.3. The number of methoxy groups -OCH3 is 1. The van der Waals surface area contributed by atoms with E-state index in [-0.39, 0.29) is 82.8 Å². The van der Waals surface area contributed by atoms with Crippen LogP contribution in [0.1, 0.15) is 195 Å². The lowest BCUT2D eigenvalue weighted by Crippen LogP contribution is -2.64. The Balaban J connectivity index is 1.45. The quantitative estimate of drug-likeness (QED) is 0.116. The topological polar surface area (TPSA) is 279 Å². The minimum Gasteiger partial charge on any atom is -0.381 e. The number of ether oxygens (including phenoxy) is 1. The Labute approximate surface area is 619 Å². The molecule has 0 bridgehead atoms. The molecule has 4 aliphatic carbocycles. The number of likely N-dealkylation sites (N-methyl/N-ethyl adjacent to an activating group) is 7. The van der Waals surface area contributed by atoms with Crippen LogP contribution in [0.15, 0.2) is 12.2 Å². The molecule has 104 heavy (non-hydrogen) atoms. The minimum atomic E-state index is -4.53. The lowest BCUT2D eigenvalue weighted by Gasteiger charge is -2.43. The summed E-state index contributed by atoms with van der Waals surface area (Å²) in [6.45, 7) is 5.65. The third-order valence-electron chi connectivity index (χ3n) is 23.0. The average Bonchev–Trinajstić information content (AvgIpc) is 1.44. The van der Waals surface area contributed by atoms with E-state index in [1.807, 2.05) is 20.8 Å². The minimum absolute atomic E-state index is 0.0158. The summed E-state index contributed by atoms with van der Waals surface area (Å²) in [6, 6.07) is -7.55. The molecule has 0 aromatic rings. The molecule has 6 fully saturated rings. The molecule has 2 aliphatic heterocycles. The van der Waals surface area contributed by atoms with Gasteiger partial charge in [-0.25, -0.2) is 0 Å². The van der Waals surface area contributed by atoms with Gasteiger partial charge >= 0.3 is 6.18 Å². The summed E-state index contributed by atoms with van der Waals surface area (Å²) in [5.74, 6) is -11.0. The Hall–Kier alpha value is -6.58. The molecule has 0 aromatic heterocycles. The highest BCUT2D eigenvalue weighted by molar-refractivity contribution is 6.21. The summed E-state index contributed by atoms with van der Waals surface area (Å²) in [7, 11) is 11.5. The summed E-state index contributed by atoms with van der Waals surface area (Å²) in [6.07, 6.45) is 10.1. The maximum atomic E-state index is 15.9. The molecule has 0 radical (unpaired) electrons. The van der Waals surface area contributed by atoms with Gasteiger partial charge in [0, 0.05) is 81.5 Å². The SMILES string of the molecule is CC[C@H](C)[C@@H]1NC(=O)[C@H](CC(C)C)N(C)C(=O)C[C@@H](C(=O)N2CCCCC2)N(C)C(=O)[C@H](C2CCCCC2)N(C)C(=O)C2(CCCC2)NC(=O)CN(C/C=C/COC)C(=O)[C@H](CCC2CCC(C(F)(F)F)C(Cl)C2)NC(=O)CN(C)C(=O)[C@H](CC2CCCCC2)N(C)C(=O)CN(C)C(=O)CN(C)C1=O. The van der Waals surface area contributed by atoms with Gasteiger partial charge in [0.15, 0.2) is 0 Å². The van der Waals surface area contributed by atoms with Gasteiger partial charge in [-0.2, -0.15) is 13.2 Å². The Kier molecular flexibility index (Phi) is 33.5. The van der Waals surface area contributed by atoms with E-state index in [0.717, 1.165) is 72.5 Å². The van der Waals surface area contributed by atoms with Crippen LogP contribution >= 0.6 is 11.6 Å². The second-order valence-corrected chi connectivity index (χ2v) is 31.8. The number of likely N-dealkylation sites (tertiary alicyclic amines) is 1. The predicted molar refractivity (Wildman–Crippen MR) is 387 cm³/mol. The van der Waals surface area contributed by atoms with Crippen LogP contribution in [0.25, 0.3) is 0 Å². The molecule has 3 unspecified atom stereocenters. The number of carbonyl (C=O) groups is 12. The molecule has 10 atom stereocenters. The molecular formula is C75H122ClF3N12O13. The highest BCUT2D eigenvalue weighted by Crippen LogP contribution is 2.44. The Morgan fingerprint density at radius 3 is 1.81 bits per heavy atom. The van der Waals surface area contributed by atoms with Gasteiger partial charge in [0.05, 0.1) is 45.1 Å². The van der Waals surface area contributed by atoms with E-state index >= 15 is 28.8 Å². The number of piperidine rings is 1. The summed E-state index contributed by atoms with van der Waals surface area (Å²) < 4.78 is 47.5. The number of amides is 12. The number of alkyl halides is 4. The number of hydrogen-bond donors (Lipinski definition) is 3. The molecule has 588 valence electrons. The monoisotopic (exact) mass is 1490 g/mol. The van der Waals surface area contributed by atoms with Crippen molar-refractivity contribution in [2.75, 3.05) is 109 Å². The van der Waals surface area contributed by atoms with Crippen LogP contribution < -0.4 is 16.0 Å². The molecule has 29 heteroatoms. The first-order chi connectivity index (χ1) is 49.1. The van der Waals surface area contributed by atoms with Gasteiger partial charge in [-0.05, 0) is 119 Å². The second kappa shape index (κ2) is 40.4. The van der Waals surface area contributed by atoms with E-state index in [9.17, 15) is 41.9 Å². The van der Waals surface area contributed by atoms with Crippen molar-refractivity contribution in [3.63, 3.8) is 0 Å². The van der Waals surface area contributed by atoms with E-state index in [4.69, 9.17) is 16.3 Å². The van der Waals surface area contributed by atoms with Crippen molar-refractivity contribution >= 4 is 82.5 Å². The number of nitrogens with zero attached hydrogens (tertiary/aromatic N) is 9. The number of halogens is 4. The van der Waals surface area contributed by atoms with Gasteiger partial charge in [-0.15, -0.1) is 11.6 Å². The Morgan fingerprint density at radius 1 is 0.615 bits per heavy atom. The molecule has 2 heterocycles. The van der Waals surface area contributed by atoms with Crippen LogP contribution in [0.4, 0.5) is 13.2 Å². The molecule has 4 saturated carbocycles. The maximum absolute atomic E-state index is 15.9. The molecule has 6 rings (SSSR count). The first-order valence-corrected chi connectivity index (χ1v) is 38.7. The highest BCUT2D eigenvalue weighted by Gasteiger charge is 2.51. The zero-order chi connectivity index (χ0) is 76.9. The van der Waals surface area contributed by atoms with E-state index in [1.54, 1.807) is 24.0 Å². The normalized spacial score (nSPS) is 28.3. The predicted octanol–water partition coefficient (Wildman–Crippen LogP) is 6.52. The Bertz CT molecular complexity index is 2970. The maximum Gasteiger partial charge on any atom is 0.393 e. The molecule has 2 saturated heterocycles. The van der Waals surface area contributed by atoms with Gasteiger partial charge in [-0.3, -0.25) is 57.5 Å². The summed E-state index contributed by atoms with van der Waals surface area (Å²) in [4.78, 5) is 191. The smallest absolute Gasteiger partial charge is 0.381 e. The summed E-state index contributed by atoms with van der Waals surface area (Å²) >= 11 is 6.43. The van der Waals surface area contributed by atoms with Gasteiger partial charge in [0.1, 0.15) is 41.8 Å². The van der Waals surface area contributed by atoms with Crippen molar-refractivity contribution in [3.8, 4) is 0 Å². The third-order valence-corrected chi connectivity index (χ3v) is 23.5. The largest absolute Gasteiger partial charge is 0.393 e. The van der Waals surface area contributed by atoms with Crippen molar-refractivity contribution in [1.82, 2.24) is 60.0 Å². The zero-order valence-electron chi connectivity index (χ0n) is 64.0. The van der Waals surface area contributed by atoms with Crippen molar-refractivity contribution in [2.45, 2.75) is 248 Å². The third kappa shape index (κ3) is 23.7. The fraction of sp³-hybridized carbons (Fsp3) is 0.813. The van der Waals surface area contributed by atoms with Crippen molar-refractivity contribution in [2.24, 2.45) is 35.5 Å². The molecule has 25 nitrogen and oxygen atoms in total. The standard InChI is InChI=1S/C75H122ClF3N12O13/c1-13-50(4)65-71(101)85(7)47-63(95)83(5)48-64(96)87(9)58(43-51-27-17-14-18-28-51)69(99)84(6)45-60(92)80-56(34-32-52-31-33-54(55(76)42-52)75(77,78)79)68(98)91(39-25-26-40-104-12)46-61(93)82-74(35-21-22-36-74)73(103)89(11)66(53-29-19-15-20-30-53)72(102)88(10)59(70(100)90-37-23-16-24-38-90)44-62(94)86(8)57(41-49(2)3)67(97)81-65/h25-26,49-59,65-66H,13-24,27-48H2,1-12H3,(H,80,92)(H,81,97)(H,82,93)/b26-25+/t50-,52?,54?,55?,56-,57-,58-,59-,65-,66-/m0/s1. The zero-order valence-corrected chi connectivity index (χ0v) is 64.8. The van der Waals surface area contributed by atoms with Crippen LogP contribution in [0.5, 0.6) is 0 Å². The number of nitrogens with one attached hydrogen (secondary N) is 3. The van der Waals surface area contributed by atoms with Crippen molar-refractivity contribution in [3.05, 3.63) is 12.2 Å². The average molecular weight is 1490 g/mol. The van der Waals surface area contributed by atoms with Crippen LogP contribution in [-0.4, -0.2) is 277 Å². The van der Waals surface area contributed by atoms with Gasteiger partial charge < -0.3 is 64.8 Å². The van der Waals surface area contributed by atoms with Gasteiger partial charge in [0.25, 0.3) is 0 Å². The van der Waals surface area contributed by atoms with E-state index in [2.05, 4.69) is 16.0 Å². The molecular weight excluding hydrogens is 1370 g/mol. The lowest BCUT2D eigenvalue weighted by atomic mass is 9.78. The van der Waals surface area contributed by atoms with Crippen LogP contribution in [0.3, 0.4) is 0 Å². The fourth-order valence-corrected chi connectivity index (χ4v) is 16.8. The lowest BCUT2D eigenvalue weighted by molar-refractivity contribution is -0.182. The van der Waals surface area contributed by atoms with Gasteiger partial charge in [-0.1, -0.05) is 110 Å². The Morgan fingerprint density at radius 2 is 1.21 bits per heavy atom. The van der Waals surface area contributed by atoms with Gasteiger partial charge in [0.2, 0.25) is 70.9 Å². The van der Waals surface area contributed by atoms with Crippen LogP contribution in [0, 0.1) is 35.5 Å². The molecule has 6 aliphatic rings. The second-order valence-electron chi connectivity index (χ2n) is 31.3. The molecule has 0 aromatic carbocycles. The first kappa shape index (κ1) is 86.3. The summed E-state index contributed by atoms with van der Waals surface area (Å²) in [5, 5.41) is 7.50. The van der Waals surface area contributed by atoms with E-state index in [0.29, 0.717) is 58.0 Å². The van der Waals surface area contributed by atoms with Crippen LogP contribution in [-0.2, 0) is 62.3 Å². The molecule has 12 amide bonds. The van der Waals surface area contributed by atoms with E-state index in [1.165, 1.54) is 80.9 Å². The van der Waals surface area contributed by atoms with Crippen LogP contribution in [0.2, 0.25) is 0 Å². The van der Waals surface area contributed by atoms with Crippen molar-refractivity contribution < 1.29 is 75.4 Å². The first-order valence-electron chi connectivity index (χ1n) is 38.3. The molecule has 1 spiro atoms. The summed E-state index contributed by atoms with van der Waals surface area (Å²) in [5.41, 5.74) is -1.60. The number of rotatable bonds is 15. The highest BCUT2D eigenvalue weighted by atomic mass is 35.5. The number of hydrogen-bond acceptors (Lipinski definition) is 13. The van der Waals surface area contributed by atoms with Crippen molar-refractivity contribution in [1.29, 1.82) is 0 Å². The van der Waals surface area contributed by atoms with E-state index < -0.39 is 181 Å². The number of carbonyl (C=O) groups excluding carboxylic acids is 12. The molecule has 3 N–H and O–H groups in total.